The van der Waals surface area contributed by atoms with Crippen LogP contribution < -0.4 is 5.73 Å². The van der Waals surface area contributed by atoms with E-state index in [1.54, 1.807) is 24.5 Å². The maximum absolute atomic E-state index is 10.4. The van der Waals surface area contributed by atoms with Crippen molar-refractivity contribution in [2.24, 2.45) is 5.73 Å². The van der Waals surface area contributed by atoms with Crippen LogP contribution in [0.25, 0.3) is 0 Å². The minimum Gasteiger partial charge on any atom is -0.508 e. The highest BCUT2D eigenvalue weighted by Crippen LogP contribution is 2.10. The van der Waals surface area contributed by atoms with Crippen molar-refractivity contribution in [1.29, 1.82) is 0 Å². The molecule has 1 heterocycles. The van der Waals surface area contributed by atoms with Crippen LogP contribution in [0.4, 0.5) is 0 Å². The van der Waals surface area contributed by atoms with Gasteiger partial charge < -0.3 is 15.9 Å². The molecule has 0 aliphatic heterocycles. The molecule has 0 fully saturated rings. The van der Waals surface area contributed by atoms with Gasteiger partial charge in [-0.3, -0.25) is 9.89 Å². The number of carboxylic acid groups (broad SMARTS) is 1. The topological polar surface area (TPSA) is 112 Å². The number of aromatic hydroxyl groups is 1. The predicted octanol–water partition coefficient (Wildman–Crippen LogP) is 0.756. The number of rotatable bonds is 3. The normalized spacial score (nSPS) is 11.2. The van der Waals surface area contributed by atoms with Crippen LogP contribution in [0.15, 0.2) is 42.7 Å². The van der Waals surface area contributed by atoms with E-state index < -0.39 is 12.0 Å². The van der Waals surface area contributed by atoms with Gasteiger partial charge in [-0.1, -0.05) is 12.1 Å². The van der Waals surface area contributed by atoms with E-state index in [2.05, 4.69) is 10.2 Å². The van der Waals surface area contributed by atoms with E-state index in [0.29, 0.717) is 0 Å². The van der Waals surface area contributed by atoms with Crippen molar-refractivity contribution < 1.29 is 15.0 Å². The molecule has 0 aliphatic rings. The Kier molecular flexibility index (Phi) is 5.40. The summed E-state index contributed by atoms with van der Waals surface area (Å²) in [6.45, 7) is 0. The number of nitrogens with zero attached hydrogens (tertiary/aromatic N) is 1. The van der Waals surface area contributed by atoms with E-state index in [0.717, 1.165) is 5.56 Å². The second-order valence-corrected chi connectivity index (χ2v) is 3.58. The fourth-order valence-corrected chi connectivity index (χ4v) is 1.19. The zero-order chi connectivity index (χ0) is 13.4. The van der Waals surface area contributed by atoms with Crippen LogP contribution in [0.2, 0.25) is 0 Å². The van der Waals surface area contributed by atoms with Crippen LogP contribution in [0, 0.1) is 0 Å². The highest BCUT2D eigenvalue weighted by molar-refractivity contribution is 5.73. The minimum atomic E-state index is -1.02. The number of hydrogen-bond acceptors (Lipinski definition) is 4. The second-order valence-electron chi connectivity index (χ2n) is 3.58. The summed E-state index contributed by atoms with van der Waals surface area (Å²) >= 11 is 0. The first kappa shape index (κ1) is 13.7. The Balaban J connectivity index is 0.000000269. The van der Waals surface area contributed by atoms with Crippen LogP contribution in [0.3, 0.4) is 0 Å². The summed E-state index contributed by atoms with van der Waals surface area (Å²) in [5, 5.41) is 23.7. The number of phenols is 1. The fraction of sp³-hybridized carbons (Fsp3) is 0.167. The molecule has 0 bridgehead atoms. The summed E-state index contributed by atoms with van der Waals surface area (Å²) in [6, 6.07) is 7.26. The highest BCUT2D eigenvalue weighted by Gasteiger charge is 2.11. The Hall–Kier alpha value is -2.34. The van der Waals surface area contributed by atoms with Gasteiger partial charge in [0.1, 0.15) is 11.8 Å². The molecule has 5 N–H and O–H groups in total. The van der Waals surface area contributed by atoms with Gasteiger partial charge >= 0.3 is 5.97 Å². The molecule has 0 radical (unpaired) electrons. The molecule has 1 aromatic heterocycles. The van der Waals surface area contributed by atoms with Crippen LogP contribution >= 0.6 is 0 Å². The molecule has 0 spiro atoms. The number of nitrogens with two attached hydrogens (primary N) is 1. The Morgan fingerprint density at radius 1 is 1.39 bits per heavy atom. The summed E-state index contributed by atoms with van der Waals surface area (Å²) in [5.74, 6) is -0.860. The smallest absolute Gasteiger partial charge is 0.320 e. The third-order valence-electron chi connectivity index (χ3n) is 2.12. The number of phenolic OH excluding ortho intramolecular Hbond substituents is 1. The monoisotopic (exact) mass is 249 g/mol. The number of benzene rings is 1. The molecule has 18 heavy (non-hydrogen) atoms. The average Bonchev–Trinajstić information content (AvgIpc) is 2.90. The van der Waals surface area contributed by atoms with Gasteiger partial charge in [0.2, 0.25) is 0 Å². The molecule has 6 heteroatoms. The summed E-state index contributed by atoms with van der Waals surface area (Å²) in [4.78, 5) is 10.4. The third kappa shape index (κ3) is 5.13. The van der Waals surface area contributed by atoms with Crippen molar-refractivity contribution in [3.05, 3.63) is 48.3 Å². The first-order chi connectivity index (χ1) is 8.59. The minimum absolute atomic E-state index is 0.160. The maximum atomic E-state index is 10.4. The van der Waals surface area contributed by atoms with Crippen molar-refractivity contribution in [2.45, 2.75) is 12.5 Å². The number of carbonyl (C=O) groups is 1. The van der Waals surface area contributed by atoms with Crippen molar-refractivity contribution in [1.82, 2.24) is 10.2 Å². The molecule has 96 valence electrons. The van der Waals surface area contributed by atoms with Crippen molar-refractivity contribution >= 4 is 5.97 Å². The molecule has 0 aliphatic carbocycles. The lowest BCUT2D eigenvalue weighted by Gasteiger charge is -2.05. The number of aromatic amines is 1. The van der Waals surface area contributed by atoms with Crippen LogP contribution in [-0.2, 0) is 11.2 Å². The van der Waals surface area contributed by atoms with E-state index in [1.807, 2.05) is 6.07 Å². The first-order valence-electron chi connectivity index (χ1n) is 5.29. The van der Waals surface area contributed by atoms with E-state index in [4.69, 9.17) is 15.9 Å². The molecule has 1 atom stereocenters. The largest absolute Gasteiger partial charge is 0.508 e. The average molecular weight is 249 g/mol. The number of aliphatic carboxylic acids is 1. The predicted molar refractivity (Wildman–Crippen MR) is 66.0 cm³/mol. The van der Waals surface area contributed by atoms with Crippen LogP contribution in [0.5, 0.6) is 5.75 Å². The Morgan fingerprint density at radius 2 is 2.06 bits per heavy atom. The second kappa shape index (κ2) is 7.08. The number of carboxylic acids is 1. The van der Waals surface area contributed by atoms with Crippen molar-refractivity contribution in [3.63, 3.8) is 0 Å². The lowest BCUT2D eigenvalue weighted by Crippen LogP contribution is -2.32. The summed E-state index contributed by atoms with van der Waals surface area (Å²) < 4.78 is 0. The summed E-state index contributed by atoms with van der Waals surface area (Å²) in [5.41, 5.74) is 6.12. The van der Waals surface area contributed by atoms with E-state index in [9.17, 15) is 4.79 Å². The van der Waals surface area contributed by atoms with Gasteiger partial charge in [0, 0.05) is 12.4 Å². The molecular formula is C12H15N3O3. The van der Waals surface area contributed by atoms with Gasteiger partial charge in [0.25, 0.3) is 0 Å². The number of hydrogen-bond donors (Lipinski definition) is 4. The fourth-order valence-electron chi connectivity index (χ4n) is 1.19. The Morgan fingerprint density at radius 3 is 2.44 bits per heavy atom. The molecule has 0 saturated carbocycles. The molecule has 1 aromatic carbocycles. The standard InChI is InChI=1S/C9H11NO3.C3H4N2/c10-8(9(12)13)5-6-1-3-7(11)4-2-6;1-2-4-5-3-1/h1-4,8,11H,5,10H2,(H,12,13);1-3H,(H,4,5)/t8-;/m0./s1. The lowest BCUT2D eigenvalue weighted by atomic mass is 10.1. The molecule has 0 amide bonds. The molecule has 2 rings (SSSR count). The van der Waals surface area contributed by atoms with E-state index in [-0.39, 0.29) is 12.2 Å². The zero-order valence-corrected chi connectivity index (χ0v) is 9.65. The summed E-state index contributed by atoms with van der Waals surface area (Å²) in [7, 11) is 0. The Bertz CT molecular complexity index is 437. The van der Waals surface area contributed by atoms with Gasteiger partial charge in [-0.25, -0.2) is 0 Å². The number of H-pyrrole nitrogens is 1. The Labute approximate surface area is 104 Å². The van der Waals surface area contributed by atoms with E-state index in [1.165, 1.54) is 12.1 Å². The van der Waals surface area contributed by atoms with Gasteiger partial charge in [-0.05, 0) is 30.2 Å². The molecule has 0 unspecified atom stereocenters. The highest BCUT2D eigenvalue weighted by atomic mass is 16.4. The zero-order valence-electron chi connectivity index (χ0n) is 9.65. The molecule has 6 nitrogen and oxygen atoms in total. The lowest BCUT2D eigenvalue weighted by molar-refractivity contribution is -0.138. The molecule has 2 aromatic rings. The van der Waals surface area contributed by atoms with Crippen molar-refractivity contribution in [3.8, 4) is 5.75 Å². The maximum Gasteiger partial charge on any atom is 0.320 e. The van der Waals surface area contributed by atoms with Gasteiger partial charge in [-0.2, -0.15) is 5.10 Å². The number of aromatic nitrogens is 2. The SMILES string of the molecule is N[C@@H](Cc1ccc(O)cc1)C(=O)O.c1cn[nH]c1. The van der Waals surface area contributed by atoms with Crippen LogP contribution in [-0.4, -0.2) is 32.4 Å². The summed E-state index contributed by atoms with van der Waals surface area (Å²) in [6.07, 6.45) is 3.73. The van der Waals surface area contributed by atoms with Gasteiger partial charge in [-0.15, -0.1) is 0 Å². The van der Waals surface area contributed by atoms with Crippen molar-refractivity contribution in [2.75, 3.05) is 0 Å². The van der Waals surface area contributed by atoms with Gasteiger partial charge in [0.05, 0.1) is 0 Å². The van der Waals surface area contributed by atoms with E-state index >= 15 is 0 Å². The number of nitrogens with one attached hydrogen (secondary N) is 1. The molecular weight excluding hydrogens is 234 g/mol. The third-order valence-corrected chi connectivity index (χ3v) is 2.12. The molecule has 0 saturated heterocycles. The van der Waals surface area contributed by atoms with Gasteiger partial charge in [0.15, 0.2) is 0 Å². The quantitative estimate of drug-likeness (QED) is 0.641. The van der Waals surface area contributed by atoms with Crippen LogP contribution in [0.1, 0.15) is 5.56 Å². The first-order valence-corrected chi connectivity index (χ1v) is 5.29.